The summed E-state index contributed by atoms with van der Waals surface area (Å²) in [6, 6.07) is 7.75. The summed E-state index contributed by atoms with van der Waals surface area (Å²) in [5.74, 6) is -0.162. The largest absolute Gasteiger partial charge is 0.507 e. The summed E-state index contributed by atoms with van der Waals surface area (Å²) in [4.78, 5) is 28.8. The number of benzene rings is 2. The van der Waals surface area contributed by atoms with Crippen molar-refractivity contribution in [3.8, 4) is 11.5 Å². The molecule has 1 aliphatic heterocycles. The molecule has 4 rings (SSSR count). The molecule has 2 aromatic carbocycles. The zero-order chi connectivity index (χ0) is 22.8. The van der Waals surface area contributed by atoms with Gasteiger partial charge in [-0.1, -0.05) is 35.1 Å². The van der Waals surface area contributed by atoms with E-state index >= 15 is 0 Å². The van der Waals surface area contributed by atoms with E-state index in [2.05, 4.69) is 10.3 Å². The fraction of sp³-hybridized carbons (Fsp3) is 0.292. The minimum Gasteiger partial charge on any atom is -0.507 e. The fourth-order valence-electron chi connectivity index (χ4n) is 3.82. The number of aromatic nitrogens is 1. The summed E-state index contributed by atoms with van der Waals surface area (Å²) in [7, 11) is 1.54. The van der Waals surface area contributed by atoms with E-state index in [1.165, 1.54) is 18.4 Å². The lowest BCUT2D eigenvalue weighted by Gasteiger charge is -2.15. The van der Waals surface area contributed by atoms with Crippen molar-refractivity contribution in [2.45, 2.75) is 39.7 Å². The zero-order valence-electron chi connectivity index (χ0n) is 18.2. The average molecular weight is 453 g/mol. The second kappa shape index (κ2) is 9.00. The number of anilines is 1. The highest BCUT2D eigenvalue weighted by atomic mass is 32.1. The van der Waals surface area contributed by atoms with Crippen molar-refractivity contribution < 1.29 is 24.2 Å². The normalized spacial score (nSPS) is 13.2. The Morgan fingerprint density at radius 1 is 1.34 bits per heavy atom. The molecule has 2 N–H and O–H groups in total. The summed E-state index contributed by atoms with van der Waals surface area (Å²) < 4.78 is 11.6. The lowest BCUT2D eigenvalue weighted by molar-refractivity contribution is -0.116. The van der Waals surface area contributed by atoms with Gasteiger partial charge in [-0.3, -0.25) is 4.79 Å². The minimum absolute atomic E-state index is 0.0948. The maximum absolute atomic E-state index is 12.3. The monoisotopic (exact) mass is 452 g/mol. The van der Waals surface area contributed by atoms with Crippen molar-refractivity contribution in [2.75, 3.05) is 12.4 Å². The van der Waals surface area contributed by atoms with Crippen LogP contribution in [0.15, 0.2) is 35.9 Å². The number of thiazole rings is 1. The van der Waals surface area contributed by atoms with Gasteiger partial charge in [-0.15, -0.1) is 0 Å². The number of rotatable bonds is 7. The van der Waals surface area contributed by atoms with Gasteiger partial charge in [-0.05, 0) is 44.4 Å². The third-order valence-electron chi connectivity index (χ3n) is 5.59. The zero-order valence-corrected chi connectivity index (χ0v) is 19.0. The minimum atomic E-state index is -0.517. The van der Waals surface area contributed by atoms with Crippen molar-refractivity contribution in [3.63, 3.8) is 0 Å². The van der Waals surface area contributed by atoms with Gasteiger partial charge in [-0.25, -0.2) is 9.78 Å². The lowest BCUT2D eigenvalue weighted by Crippen LogP contribution is -2.11. The molecule has 0 atom stereocenters. The lowest BCUT2D eigenvalue weighted by atomic mass is 9.94. The Balaban J connectivity index is 1.42. The summed E-state index contributed by atoms with van der Waals surface area (Å²) in [6.45, 7) is 3.93. The van der Waals surface area contributed by atoms with Crippen molar-refractivity contribution in [3.05, 3.63) is 58.2 Å². The topological polar surface area (TPSA) is 97.8 Å². The van der Waals surface area contributed by atoms with Crippen LogP contribution in [-0.4, -0.2) is 29.1 Å². The molecule has 166 valence electrons. The number of aromatic hydroxyl groups is 1. The Hall–Kier alpha value is -3.39. The predicted molar refractivity (Wildman–Crippen MR) is 123 cm³/mol. The maximum atomic E-state index is 12.3. The molecule has 0 fully saturated rings. The smallest absolute Gasteiger partial charge is 0.342 e. The molecule has 0 aliphatic carbocycles. The molecule has 3 aromatic rings. The van der Waals surface area contributed by atoms with Crippen LogP contribution in [0.3, 0.4) is 0 Å². The van der Waals surface area contributed by atoms with Crippen LogP contribution in [0.2, 0.25) is 0 Å². The van der Waals surface area contributed by atoms with Crippen LogP contribution < -0.4 is 10.1 Å². The first kappa shape index (κ1) is 21.8. The molecule has 2 heterocycles. The van der Waals surface area contributed by atoms with Gasteiger partial charge in [0.2, 0.25) is 5.91 Å². The molecule has 0 saturated heterocycles. The maximum Gasteiger partial charge on any atom is 0.342 e. The van der Waals surface area contributed by atoms with Crippen LogP contribution >= 0.6 is 11.3 Å². The first-order valence-corrected chi connectivity index (χ1v) is 11.1. The van der Waals surface area contributed by atoms with Gasteiger partial charge in [-0.2, -0.15) is 0 Å². The molecule has 0 bridgehead atoms. The van der Waals surface area contributed by atoms with Gasteiger partial charge in [0.15, 0.2) is 5.13 Å². The van der Waals surface area contributed by atoms with Gasteiger partial charge in [0.1, 0.15) is 23.7 Å². The van der Waals surface area contributed by atoms with E-state index in [-0.39, 0.29) is 23.8 Å². The Morgan fingerprint density at radius 3 is 2.88 bits per heavy atom. The molecule has 0 saturated carbocycles. The number of phenols is 1. The van der Waals surface area contributed by atoms with E-state index in [9.17, 15) is 14.7 Å². The second-order valence-electron chi connectivity index (χ2n) is 7.70. The van der Waals surface area contributed by atoms with Crippen molar-refractivity contribution in [2.24, 2.45) is 0 Å². The molecule has 1 amide bonds. The van der Waals surface area contributed by atoms with Crippen LogP contribution in [0.25, 0.3) is 10.2 Å². The number of nitrogens with zero attached hydrogens (tertiary/aromatic N) is 1. The van der Waals surface area contributed by atoms with Crippen LogP contribution in [-0.2, 0) is 22.6 Å². The number of amides is 1. The number of ether oxygens (including phenoxy) is 2. The van der Waals surface area contributed by atoms with E-state index in [4.69, 9.17) is 9.47 Å². The predicted octanol–water partition coefficient (Wildman–Crippen LogP) is 4.90. The van der Waals surface area contributed by atoms with Gasteiger partial charge in [0.05, 0.1) is 17.3 Å². The Kier molecular flexibility index (Phi) is 6.14. The Bertz CT molecular complexity index is 1210. The first-order chi connectivity index (χ1) is 15.4. The number of fused-ring (bicyclic) bond motifs is 2. The molecule has 0 spiro atoms. The number of carbonyl (C=O) groups excluding carboxylic acids is 2. The summed E-state index contributed by atoms with van der Waals surface area (Å²) in [6.07, 6.45) is 3.19. The highest BCUT2D eigenvalue weighted by Gasteiger charge is 2.31. The van der Waals surface area contributed by atoms with E-state index < -0.39 is 5.97 Å². The number of phenolic OH excluding ortho intramolecular Hbond substituents is 1. The van der Waals surface area contributed by atoms with Crippen LogP contribution in [0.5, 0.6) is 11.5 Å². The Labute approximate surface area is 189 Å². The number of esters is 1. The van der Waals surface area contributed by atoms with Gasteiger partial charge in [0, 0.05) is 17.5 Å². The van der Waals surface area contributed by atoms with Crippen LogP contribution in [0.1, 0.15) is 46.8 Å². The second-order valence-corrected chi connectivity index (χ2v) is 8.74. The number of hydrogen-bond acceptors (Lipinski definition) is 7. The molecule has 1 aromatic heterocycles. The quantitative estimate of drug-likeness (QED) is 0.391. The number of nitrogens with one attached hydrogen (secondary N) is 1. The van der Waals surface area contributed by atoms with Crippen molar-refractivity contribution in [1.82, 2.24) is 4.98 Å². The SMILES string of the molecule is COc1c(C)c2c(c(O)c1C/C=C(\C)CCC(=O)Nc1nc3ccccc3s1)C(=O)OC2. The van der Waals surface area contributed by atoms with E-state index in [0.29, 0.717) is 41.3 Å². The number of allylic oxidation sites excluding steroid dienone is 2. The summed E-state index contributed by atoms with van der Waals surface area (Å²) in [5.41, 5.74) is 4.08. The number of methoxy groups -OCH3 is 1. The fourth-order valence-corrected chi connectivity index (χ4v) is 4.71. The van der Waals surface area contributed by atoms with Gasteiger partial charge < -0.3 is 19.9 Å². The molecular formula is C24H24N2O5S. The Morgan fingerprint density at radius 2 is 2.12 bits per heavy atom. The van der Waals surface area contributed by atoms with Crippen molar-refractivity contribution >= 4 is 38.6 Å². The van der Waals surface area contributed by atoms with Crippen LogP contribution in [0.4, 0.5) is 5.13 Å². The number of hydrogen-bond donors (Lipinski definition) is 2. The molecule has 7 nitrogen and oxygen atoms in total. The number of carbonyl (C=O) groups is 2. The average Bonchev–Trinajstić information content (AvgIpc) is 3.36. The summed E-state index contributed by atoms with van der Waals surface area (Å²) in [5, 5.41) is 14.1. The first-order valence-electron chi connectivity index (χ1n) is 10.3. The van der Waals surface area contributed by atoms with E-state index in [1.54, 1.807) is 0 Å². The van der Waals surface area contributed by atoms with Gasteiger partial charge in [0.25, 0.3) is 0 Å². The van der Waals surface area contributed by atoms with E-state index in [0.717, 1.165) is 21.4 Å². The third-order valence-corrected chi connectivity index (χ3v) is 6.54. The standard InChI is InChI=1S/C24H24N2O5S/c1-13(9-11-19(27)26-24-25-17-6-4-5-7-18(17)32-24)8-10-15-21(28)20-16(12-31-23(20)29)14(2)22(15)30-3/h4-8,28H,9-12H2,1-3H3,(H,25,26,27)/b13-8+. The highest BCUT2D eigenvalue weighted by Crippen LogP contribution is 2.42. The van der Waals surface area contributed by atoms with Crippen molar-refractivity contribution in [1.29, 1.82) is 0 Å². The highest BCUT2D eigenvalue weighted by molar-refractivity contribution is 7.22. The molecule has 32 heavy (non-hydrogen) atoms. The van der Waals surface area contributed by atoms with Crippen LogP contribution in [0, 0.1) is 6.92 Å². The van der Waals surface area contributed by atoms with E-state index in [1.807, 2.05) is 44.2 Å². The molecule has 1 aliphatic rings. The third kappa shape index (κ3) is 4.18. The molecule has 8 heteroatoms. The molecule has 0 unspecified atom stereocenters. The number of cyclic esters (lactones) is 1. The molecular weight excluding hydrogens is 428 g/mol. The number of para-hydroxylation sites is 1. The molecule has 0 radical (unpaired) electrons. The summed E-state index contributed by atoms with van der Waals surface area (Å²) >= 11 is 1.45. The van der Waals surface area contributed by atoms with Gasteiger partial charge >= 0.3 is 5.97 Å².